The van der Waals surface area contributed by atoms with Gasteiger partial charge in [0.1, 0.15) is 0 Å². The van der Waals surface area contributed by atoms with Crippen molar-refractivity contribution in [1.29, 1.82) is 0 Å². The lowest BCUT2D eigenvalue weighted by molar-refractivity contribution is 0.731. The van der Waals surface area contributed by atoms with Gasteiger partial charge in [-0.05, 0) is 174 Å². The smallest absolute Gasteiger partial charge is 0.0742 e. The van der Waals surface area contributed by atoms with Gasteiger partial charge < -0.3 is 10.2 Å². The molecule has 2 nitrogen and oxygen atoms in total. The normalized spacial score (nSPS) is 14.2. The Bertz CT molecular complexity index is 6110. The summed E-state index contributed by atoms with van der Waals surface area (Å²) >= 11 is 0. The van der Waals surface area contributed by atoms with Gasteiger partial charge in [0.05, 0.1) is 33.3 Å². The summed E-state index contributed by atoms with van der Waals surface area (Å²) in [6.45, 7) is 0. The highest BCUT2D eigenvalue weighted by Gasteiger charge is 2.54. The van der Waals surface area contributed by atoms with E-state index in [1.54, 1.807) is 0 Å². The molecule has 0 fully saturated rings. The third kappa shape index (κ3) is 7.76. The van der Waals surface area contributed by atoms with Crippen molar-refractivity contribution in [1.82, 2.24) is 0 Å². The molecule has 470 valence electrons. The van der Waals surface area contributed by atoms with Crippen molar-refractivity contribution < 1.29 is 0 Å². The summed E-state index contributed by atoms with van der Waals surface area (Å²) in [5.41, 5.74) is 30.6. The second-order valence-electron chi connectivity index (χ2n) is 27.6. The average molecular weight is 1280 g/mol. The number of para-hydroxylation sites is 5. The Morgan fingerprint density at radius 2 is 0.644 bits per heavy atom. The molecule has 0 atom stereocenters. The van der Waals surface area contributed by atoms with Gasteiger partial charge in [-0.25, -0.2) is 0 Å². The van der Waals surface area contributed by atoms with Crippen LogP contribution in [0, 0.1) is 0 Å². The minimum atomic E-state index is -0.718. The summed E-state index contributed by atoms with van der Waals surface area (Å²) in [5.74, 6) is 0. The van der Waals surface area contributed by atoms with Crippen LogP contribution in [0.4, 0.5) is 28.4 Å². The van der Waals surface area contributed by atoms with Crippen molar-refractivity contribution in [3.8, 4) is 55.6 Å². The zero-order valence-electron chi connectivity index (χ0n) is 55.3. The summed E-state index contributed by atoms with van der Waals surface area (Å²) in [5, 5.41) is 11.4. The van der Waals surface area contributed by atoms with Crippen LogP contribution in [0.1, 0.15) is 66.8 Å². The minimum absolute atomic E-state index is 0.665. The van der Waals surface area contributed by atoms with Crippen LogP contribution in [0.5, 0.6) is 0 Å². The van der Waals surface area contributed by atoms with Crippen molar-refractivity contribution >= 4 is 60.8 Å². The first-order valence-corrected chi connectivity index (χ1v) is 35.3. The van der Waals surface area contributed by atoms with Crippen LogP contribution < -0.4 is 10.2 Å². The molecule has 21 rings (SSSR count). The number of benzene rings is 17. The van der Waals surface area contributed by atoms with Gasteiger partial charge >= 0.3 is 0 Å². The minimum Gasteiger partial charge on any atom is -0.354 e. The molecule has 0 amide bonds. The van der Waals surface area contributed by atoms with Crippen LogP contribution in [-0.2, 0) is 16.2 Å². The Morgan fingerprint density at radius 1 is 0.228 bits per heavy atom. The Balaban J connectivity index is 0.923. The Hall–Kier alpha value is -12.9. The van der Waals surface area contributed by atoms with Crippen LogP contribution in [0.25, 0.3) is 88.0 Å². The third-order valence-corrected chi connectivity index (χ3v) is 23.0. The molecule has 2 aliphatic heterocycles. The summed E-state index contributed by atoms with van der Waals surface area (Å²) in [6, 6.07) is 145. The SMILES string of the molecule is c1ccc(N2c3ccccc3C(c3ccccc3)(c3ccccc3)c3cccc(-c4cccc5c(-c6cccc7c6C6(c8ccccc8-c8ccccc86)c6ccc8ccccc8c6-7)c6cccc(-c7cccc8c7Nc7ccccc7C8(c7ccccc7)c7ccccc7)c6cc45)c32)cc1. The summed E-state index contributed by atoms with van der Waals surface area (Å²) in [4.78, 5) is 2.56. The van der Waals surface area contributed by atoms with Crippen molar-refractivity contribution in [3.05, 3.63) is 449 Å². The van der Waals surface area contributed by atoms with E-state index in [4.69, 9.17) is 0 Å². The number of nitrogens with one attached hydrogen (secondary N) is 1. The van der Waals surface area contributed by atoms with E-state index in [2.05, 4.69) is 392 Å². The zero-order chi connectivity index (χ0) is 66.4. The van der Waals surface area contributed by atoms with Gasteiger partial charge in [0.15, 0.2) is 0 Å². The number of rotatable bonds is 8. The van der Waals surface area contributed by atoms with Crippen molar-refractivity contribution in [2.45, 2.75) is 16.2 Å². The first-order chi connectivity index (χ1) is 50.2. The fraction of sp³-hybridized carbons (Fsp3) is 0.0303. The lowest BCUT2D eigenvalue weighted by atomic mass is 9.62. The van der Waals surface area contributed by atoms with Gasteiger partial charge in [0.2, 0.25) is 0 Å². The molecule has 1 N–H and O–H groups in total. The van der Waals surface area contributed by atoms with E-state index in [0.29, 0.717) is 0 Å². The average Bonchev–Trinajstić information content (AvgIpc) is 1.56. The molecule has 2 heteroatoms. The predicted octanol–water partition coefficient (Wildman–Crippen LogP) is 25.1. The Morgan fingerprint density at radius 3 is 1.27 bits per heavy atom. The molecule has 0 aromatic heterocycles. The molecular weight excluding hydrogens is 1220 g/mol. The van der Waals surface area contributed by atoms with E-state index in [1.807, 2.05) is 0 Å². The highest BCUT2D eigenvalue weighted by atomic mass is 15.2. The van der Waals surface area contributed by atoms with E-state index in [1.165, 1.54) is 132 Å². The highest BCUT2D eigenvalue weighted by Crippen LogP contribution is 2.67. The lowest BCUT2D eigenvalue weighted by Crippen LogP contribution is -2.38. The molecule has 2 aliphatic carbocycles. The van der Waals surface area contributed by atoms with Gasteiger partial charge in [0.25, 0.3) is 0 Å². The number of fused-ring (bicyclic) bond motifs is 18. The molecule has 1 spiro atoms. The van der Waals surface area contributed by atoms with Gasteiger partial charge in [0, 0.05) is 22.5 Å². The molecule has 0 unspecified atom stereocenters. The van der Waals surface area contributed by atoms with Crippen LogP contribution in [0.2, 0.25) is 0 Å². The van der Waals surface area contributed by atoms with Crippen LogP contribution in [0.15, 0.2) is 382 Å². The molecule has 0 saturated carbocycles. The van der Waals surface area contributed by atoms with Gasteiger partial charge in [-0.3, -0.25) is 0 Å². The molecular formula is C99H64N2. The number of anilines is 5. The van der Waals surface area contributed by atoms with Crippen molar-refractivity contribution in [2.24, 2.45) is 0 Å². The molecule has 0 saturated heterocycles. The molecule has 17 aromatic carbocycles. The molecule has 0 radical (unpaired) electrons. The van der Waals surface area contributed by atoms with E-state index in [0.717, 1.165) is 50.7 Å². The number of hydrogen-bond acceptors (Lipinski definition) is 2. The highest BCUT2D eigenvalue weighted by molar-refractivity contribution is 6.22. The van der Waals surface area contributed by atoms with Crippen LogP contribution in [0.3, 0.4) is 0 Å². The van der Waals surface area contributed by atoms with Gasteiger partial charge in [-0.2, -0.15) is 0 Å². The van der Waals surface area contributed by atoms with Crippen molar-refractivity contribution in [3.63, 3.8) is 0 Å². The Labute approximate surface area is 588 Å². The summed E-state index contributed by atoms with van der Waals surface area (Å²) in [7, 11) is 0. The van der Waals surface area contributed by atoms with E-state index in [-0.39, 0.29) is 0 Å². The summed E-state index contributed by atoms with van der Waals surface area (Å²) < 4.78 is 0. The zero-order valence-corrected chi connectivity index (χ0v) is 55.3. The Kier molecular flexibility index (Phi) is 12.5. The monoisotopic (exact) mass is 1280 g/mol. The van der Waals surface area contributed by atoms with Crippen LogP contribution in [-0.4, -0.2) is 0 Å². The lowest BCUT2D eigenvalue weighted by Gasteiger charge is -2.47. The van der Waals surface area contributed by atoms with E-state index in [9.17, 15) is 0 Å². The molecule has 17 aromatic rings. The fourth-order valence-corrected chi connectivity index (χ4v) is 19.3. The van der Waals surface area contributed by atoms with Gasteiger partial charge in [-0.15, -0.1) is 0 Å². The predicted molar refractivity (Wildman–Crippen MR) is 420 cm³/mol. The summed E-state index contributed by atoms with van der Waals surface area (Å²) in [6.07, 6.45) is 0. The van der Waals surface area contributed by atoms with E-state index < -0.39 is 16.2 Å². The molecule has 101 heavy (non-hydrogen) atoms. The van der Waals surface area contributed by atoms with Gasteiger partial charge in [-0.1, -0.05) is 352 Å². The van der Waals surface area contributed by atoms with Crippen LogP contribution >= 0.6 is 0 Å². The van der Waals surface area contributed by atoms with Crippen molar-refractivity contribution in [2.75, 3.05) is 10.2 Å². The first-order valence-electron chi connectivity index (χ1n) is 35.3. The maximum absolute atomic E-state index is 4.19. The fourth-order valence-electron chi connectivity index (χ4n) is 19.3. The number of nitrogens with zero attached hydrogens (tertiary/aromatic N) is 1. The maximum atomic E-state index is 4.19. The number of hydrogen-bond donors (Lipinski definition) is 1. The third-order valence-electron chi connectivity index (χ3n) is 23.0. The topological polar surface area (TPSA) is 15.3 Å². The molecule has 4 aliphatic rings. The quantitative estimate of drug-likeness (QED) is 0.153. The van der Waals surface area contributed by atoms with E-state index >= 15 is 0 Å². The molecule has 0 bridgehead atoms. The standard InChI is InChI=1S/C99H64N2/c1-6-32-65(33-7-1)97(66-34-8-2-9-35-66)85-55-22-24-59-90(85)100-95-77(49-29-57-88(95)97)71-45-26-47-75-81(71)63-82-72(78-50-30-58-89-96(78)101(69-40-14-5-15-41-69)91-60-25-23-56-86(91)98(89,67-36-10-3-11-37-67)68-38-12-4-13-39-68)46-27-48-76(82)92(75)79-51-28-52-80-93-70-42-17-16-31-64(70)61-62-87(93)99(94(79)80)83-53-20-18-43-73(83)74-44-19-21-54-84(74)99/h1-63,100H. The molecule has 2 heterocycles. The first kappa shape index (κ1) is 57.2. The maximum Gasteiger partial charge on any atom is 0.0742 e. The second-order valence-corrected chi connectivity index (χ2v) is 27.6. The second kappa shape index (κ2) is 22.1. The largest absolute Gasteiger partial charge is 0.354 e.